The van der Waals surface area contributed by atoms with E-state index in [0.717, 1.165) is 62.1 Å². The summed E-state index contributed by atoms with van der Waals surface area (Å²) in [6.45, 7) is 0.863. The second-order valence-electron chi connectivity index (χ2n) is 9.19. The number of allylic oxidation sites excluding steroid dienone is 3. The molecule has 1 aromatic rings. The quantitative estimate of drug-likeness (QED) is 0.554. The first-order chi connectivity index (χ1) is 13.2. The smallest absolute Gasteiger partial charge is 0.338 e. The summed E-state index contributed by atoms with van der Waals surface area (Å²) in [5, 5.41) is 3.45. The first kappa shape index (κ1) is 17.1. The van der Waals surface area contributed by atoms with Crippen molar-refractivity contribution in [2.75, 3.05) is 11.9 Å². The van der Waals surface area contributed by atoms with E-state index in [0.29, 0.717) is 5.56 Å². The van der Waals surface area contributed by atoms with Crippen LogP contribution in [0.2, 0.25) is 0 Å². The number of rotatable bonds is 5. The van der Waals surface area contributed by atoms with Gasteiger partial charge in [0.1, 0.15) is 5.60 Å². The Hall–Kier alpha value is -2.03. The van der Waals surface area contributed by atoms with Crippen LogP contribution in [0.25, 0.3) is 0 Å². The van der Waals surface area contributed by atoms with Gasteiger partial charge in [-0.3, -0.25) is 0 Å². The summed E-state index contributed by atoms with van der Waals surface area (Å²) in [5.41, 5.74) is 2.99. The molecule has 0 saturated heterocycles. The minimum Gasteiger partial charge on any atom is -0.455 e. The van der Waals surface area contributed by atoms with Crippen LogP contribution in [0, 0.1) is 17.8 Å². The predicted octanol–water partition coefficient (Wildman–Crippen LogP) is 5.50. The van der Waals surface area contributed by atoms with Gasteiger partial charge >= 0.3 is 5.97 Å². The lowest BCUT2D eigenvalue weighted by atomic mass is 9.54. The molecule has 5 aliphatic rings. The number of anilines is 1. The number of carbonyl (C=O) groups excluding carboxylic acids is 1. The Labute approximate surface area is 161 Å². The highest BCUT2D eigenvalue weighted by molar-refractivity contribution is 5.90. The van der Waals surface area contributed by atoms with E-state index in [1.54, 1.807) is 0 Å². The first-order valence-electron chi connectivity index (χ1n) is 10.6. The number of hydrogen-bond acceptors (Lipinski definition) is 3. The van der Waals surface area contributed by atoms with E-state index in [2.05, 4.69) is 23.5 Å². The van der Waals surface area contributed by atoms with Crippen LogP contribution in [0.15, 0.2) is 48.1 Å². The molecule has 6 rings (SSSR count). The number of ether oxygens (including phenoxy) is 1. The molecule has 3 heteroatoms. The molecule has 0 spiro atoms. The monoisotopic (exact) mass is 363 g/mol. The lowest BCUT2D eigenvalue weighted by molar-refractivity contribution is -0.131. The largest absolute Gasteiger partial charge is 0.455 e. The highest BCUT2D eigenvalue weighted by atomic mass is 16.6. The van der Waals surface area contributed by atoms with Crippen molar-refractivity contribution in [3.05, 3.63) is 53.6 Å². The van der Waals surface area contributed by atoms with E-state index in [9.17, 15) is 4.79 Å². The SMILES string of the molecule is O=C(OC12CC3CC(CC(C3)C1)C2)c1ccc(NCC2=CCC=CC2)cc1. The molecule has 0 aromatic heterocycles. The normalized spacial score (nSPS) is 33.6. The van der Waals surface area contributed by atoms with Gasteiger partial charge in [-0.15, -0.1) is 0 Å². The lowest BCUT2D eigenvalue weighted by Gasteiger charge is -2.55. The Kier molecular flexibility index (Phi) is 4.34. The van der Waals surface area contributed by atoms with Crippen LogP contribution in [0.4, 0.5) is 5.69 Å². The molecule has 0 radical (unpaired) electrons. The van der Waals surface area contributed by atoms with Crippen LogP contribution < -0.4 is 5.32 Å². The van der Waals surface area contributed by atoms with E-state index < -0.39 is 0 Å². The van der Waals surface area contributed by atoms with E-state index in [1.807, 2.05) is 24.3 Å². The van der Waals surface area contributed by atoms with Gasteiger partial charge in [0.25, 0.3) is 0 Å². The van der Waals surface area contributed by atoms with Gasteiger partial charge in [0, 0.05) is 12.2 Å². The highest BCUT2D eigenvalue weighted by Gasteiger charge is 2.53. The molecule has 1 N–H and O–H groups in total. The maximum atomic E-state index is 12.8. The first-order valence-corrected chi connectivity index (χ1v) is 10.6. The van der Waals surface area contributed by atoms with Gasteiger partial charge < -0.3 is 10.1 Å². The Balaban J connectivity index is 1.20. The molecule has 142 valence electrons. The molecule has 0 aliphatic heterocycles. The minimum absolute atomic E-state index is 0.136. The Morgan fingerprint density at radius 3 is 2.26 bits per heavy atom. The fourth-order valence-electron chi connectivity index (χ4n) is 6.14. The van der Waals surface area contributed by atoms with Crippen molar-refractivity contribution < 1.29 is 9.53 Å². The minimum atomic E-state index is -0.163. The summed E-state index contributed by atoms with van der Waals surface area (Å²) in [7, 11) is 0. The second kappa shape index (κ2) is 6.85. The Morgan fingerprint density at radius 1 is 1.00 bits per heavy atom. The van der Waals surface area contributed by atoms with E-state index in [4.69, 9.17) is 4.74 Å². The topological polar surface area (TPSA) is 38.3 Å². The fraction of sp³-hybridized carbons (Fsp3) is 0.542. The molecule has 3 nitrogen and oxygen atoms in total. The summed E-state index contributed by atoms with van der Waals surface area (Å²) in [4.78, 5) is 12.8. The average Bonchev–Trinajstić information content (AvgIpc) is 2.66. The fourth-order valence-corrected chi connectivity index (χ4v) is 6.14. The van der Waals surface area contributed by atoms with Crippen LogP contribution in [0.3, 0.4) is 0 Å². The molecule has 0 unspecified atom stereocenters. The highest BCUT2D eigenvalue weighted by Crippen LogP contribution is 2.57. The van der Waals surface area contributed by atoms with E-state index in [1.165, 1.54) is 24.8 Å². The van der Waals surface area contributed by atoms with Crippen molar-refractivity contribution in [1.82, 2.24) is 0 Å². The van der Waals surface area contributed by atoms with Gasteiger partial charge in [-0.1, -0.05) is 23.8 Å². The number of carbonyl (C=O) groups is 1. The molecule has 5 aliphatic carbocycles. The van der Waals surface area contributed by atoms with Gasteiger partial charge in [-0.2, -0.15) is 0 Å². The summed E-state index contributed by atoms with van der Waals surface area (Å²) < 4.78 is 6.16. The summed E-state index contributed by atoms with van der Waals surface area (Å²) in [6, 6.07) is 7.80. The zero-order valence-electron chi connectivity index (χ0n) is 16.0. The van der Waals surface area contributed by atoms with E-state index >= 15 is 0 Å². The summed E-state index contributed by atoms with van der Waals surface area (Å²) >= 11 is 0. The third kappa shape index (κ3) is 3.56. The van der Waals surface area contributed by atoms with Crippen molar-refractivity contribution in [2.24, 2.45) is 17.8 Å². The van der Waals surface area contributed by atoms with Gasteiger partial charge in [0.15, 0.2) is 0 Å². The number of esters is 1. The zero-order valence-corrected chi connectivity index (χ0v) is 16.0. The van der Waals surface area contributed by atoms with Crippen LogP contribution in [0.1, 0.15) is 61.7 Å². The van der Waals surface area contributed by atoms with Crippen LogP contribution in [-0.2, 0) is 4.74 Å². The lowest BCUT2D eigenvalue weighted by Crippen LogP contribution is -2.52. The van der Waals surface area contributed by atoms with E-state index in [-0.39, 0.29) is 11.6 Å². The molecule has 1 aromatic carbocycles. The van der Waals surface area contributed by atoms with Crippen LogP contribution >= 0.6 is 0 Å². The van der Waals surface area contributed by atoms with Gasteiger partial charge in [-0.05, 0) is 93.4 Å². The standard InChI is InChI=1S/C24H29NO2/c26-23(27-24-13-18-10-19(14-24)12-20(11-18)15-24)21-6-8-22(9-7-21)25-16-17-4-2-1-3-5-17/h1-2,5-9,18-20,25H,3-4,10-16H2. The number of nitrogens with one attached hydrogen (secondary N) is 1. The maximum absolute atomic E-state index is 12.8. The molecule has 4 bridgehead atoms. The van der Waals surface area contributed by atoms with Crippen molar-refractivity contribution in [3.8, 4) is 0 Å². The molecule has 4 saturated carbocycles. The molecule has 27 heavy (non-hydrogen) atoms. The average molecular weight is 364 g/mol. The Bertz CT molecular complexity index is 739. The molecule has 0 atom stereocenters. The summed E-state index contributed by atoms with van der Waals surface area (Å²) in [5.74, 6) is 2.24. The second-order valence-corrected chi connectivity index (χ2v) is 9.19. The van der Waals surface area contributed by atoms with Crippen molar-refractivity contribution in [2.45, 2.75) is 57.0 Å². The van der Waals surface area contributed by atoms with Gasteiger partial charge in [0.2, 0.25) is 0 Å². The molecule has 0 amide bonds. The number of benzene rings is 1. The van der Waals surface area contributed by atoms with Crippen molar-refractivity contribution in [1.29, 1.82) is 0 Å². The molecular weight excluding hydrogens is 334 g/mol. The maximum Gasteiger partial charge on any atom is 0.338 e. The van der Waals surface area contributed by atoms with Crippen molar-refractivity contribution in [3.63, 3.8) is 0 Å². The van der Waals surface area contributed by atoms with Gasteiger partial charge in [-0.25, -0.2) is 4.79 Å². The molecular formula is C24H29NO2. The third-order valence-corrected chi connectivity index (χ3v) is 7.02. The van der Waals surface area contributed by atoms with Crippen LogP contribution in [-0.4, -0.2) is 18.1 Å². The molecule has 0 heterocycles. The summed E-state index contributed by atoms with van der Waals surface area (Å²) in [6.07, 6.45) is 16.1. The third-order valence-electron chi connectivity index (χ3n) is 7.02. The predicted molar refractivity (Wildman–Crippen MR) is 108 cm³/mol. The van der Waals surface area contributed by atoms with Crippen LogP contribution in [0.5, 0.6) is 0 Å². The zero-order chi connectivity index (χ0) is 18.3. The Morgan fingerprint density at radius 2 is 1.67 bits per heavy atom. The van der Waals surface area contributed by atoms with Crippen molar-refractivity contribution >= 4 is 11.7 Å². The number of hydrogen-bond donors (Lipinski definition) is 1. The van der Waals surface area contributed by atoms with Gasteiger partial charge in [0.05, 0.1) is 5.56 Å². The molecule has 4 fully saturated rings.